The largest absolute Gasteiger partial charge is 0.496 e. The van der Waals surface area contributed by atoms with E-state index in [1.807, 2.05) is 19.9 Å². The quantitative estimate of drug-likeness (QED) is 0.813. The molecule has 0 saturated heterocycles. The van der Waals surface area contributed by atoms with Crippen LogP contribution in [0.3, 0.4) is 0 Å². The van der Waals surface area contributed by atoms with E-state index in [2.05, 4.69) is 0 Å². The van der Waals surface area contributed by atoms with Gasteiger partial charge in [-0.25, -0.2) is 4.79 Å². The molecule has 5 heteroatoms. The van der Waals surface area contributed by atoms with Gasteiger partial charge in [-0.15, -0.1) is 0 Å². The molecule has 0 bridgehead atoms. The molecular weight excluding hydrogens is 308 g/mol. The molecule has 0 unspecified atom stereocenters. The number of rotatable bonds is 1. The number of hydrogen-bond acceptors (Lipinski definition) is 5. The Labute approximate surface area is 140 Å². The summed E-state index contributed by atoms with van der Waals surface area (Å²) in [5.74, 6) is 1.16. The molecule has 2 aliphatic rings. The second kappa shape index (κ2) is 5.24. The monoisotopic (exact) mass is 330 g/mol. The zero-order valence-corrected chi connectivity index (χ0v) is 14.3. The smallest absolute Gasteiger partial charge is 0.339 e. The van der Waals surface area contributed by atoms with Gasteiger partial charge in [-0.3, -0.25) is 0 Å². The minimum absolute atomic E-state index is 0.301. The van der Waals surface area contributed by atoms with Crippen LogP contribution < -0.4 is 15.1 Å². The summed E-state index contributed by atoms with van der Waals surface area (Å²) in [5.41, 5.74) is 1.94. The normalized spacial score (nSPS) is 21.8. The predicted molar refractivity (Wildman–Crippen MR) is 90.0 cm³/mol. The van der Waals surface area contributed by atoms with Crippen LogP contribution in [0.15, 0.2) is 15.3 Å². The van der Waals surface area contributed by atoms with Gasteiger partial charge in [-0.1, -0.05) is 0 Å². The van der Waals surface area contributed by atoms with E-state index in [-0.39, 0.29) is 5.63 Å². The maximum absolute atomic E-state index is 12.5. The molecule has 128 valence electrons. The van der Waals surface area contributed by atoms with Crippen molar-refractivity contribution in [2.75, 3.05) is 7.11 Å². The standard InChI is InChI=1S/C19H22O5/c1-19(2)9-12(20)16-14(24-19)8-13(22-3)15-10-6-4-5-7-11(10)18(21)23-17(15)16/h8,12,20H,4-7,9H2,1-3H3/t12-/m0/s1. The lowest BCUT2D eigenvalue weighted by Crippen LogP contribution is -2.35. The molecule has 1 N–H and O–H groups in total. The van der Waals surface area contributed by atoms with E-state index >= 15 is 0 Å². The summed E-state index contributed by atoms with van der Waals surface area (Å²) < 4.78 is 17.3. The maximum atomic E-state index is 12.5. The van der Waals surface area contributed by atoms with Crippen molar-refractivity contribution in [3.63, 3.8) is 0 Å². The number of ether oxygens (including phenoxy) is 2. The van der Waals surface area contributed by atoms with Gasteiger partial charge in [-0.2, -0.15) is 0 Å². The van der Waals surface area contributed by atoms with Crippen molar-refractivity contribution in [1.29, 1.82) is 0 Å². The summed E-state index contributed by atoms with van der Waals surface area (Å²) >= 11 is 0. The van der Waals surface area contributed by atoms with Gasteiger partial charge in [0.2, 0.25) is 0 Å². The van der Waals surface area contributed by atoms with Gasteiger partial charge in [0.15, 0.2) is 5.58 Å². The van der Waals surface area contributed by atoms with Crippen LogP contribution in [0.25, 0.3) is 11.0 Å². The van der Waals surface area contributed by atoms with Gasteiger partial charge in [0.05, 0.1) is 24.2 Å². The fraction of sp³-hybridized carbons (Fsp3) is 0.526. The van der Waals surface area contributed by atoms with Crippen molar-refractivity contribution >= 4 is 11.0 Å². The predicted octanol–water partition coefficient (Wildman–Crippen LogP) is 3.27. The minimum atomic E-state index is -0.734. The van der Waals surface area contributed by atoms with Crippen molar-refractivity contribution in [2.45, 2.75) is 57.7 Å². The zero-order valence-electron chi connectivity index (χ0n) is 14.3. The van der Waals surface area contributed by atoms with Gasteiger partial charge in [-0.05, 0) is 45.1 Å². The Morgan fingerprint density at radius 1 is 1.25 bits per heavy atom. The Hall–Kier alpha value is -2.01. The van der Waals surface area contributed by atoms with E-state index in [1.54, 1.807) is 7.11 Å². The highest BCUT2D eigenvalue weighted by atomic mass is 16.5. The van der Waals surface area contributed by atoms with E-state index in [0.29, 0.717) is 29.1 Å². The average Bonchev–Trinajstić information content (AvgIpc) is 2.52. The summed E-state index contributed by atoms with van der Waals surface area (Å²) in [6, 6.07) is 1.82. The number of benzene rings is 1. The average molecular weight is 330 g/mol. The van der Waals surface area contributed by atoms with Crippen LogP contribution in [0.4, 0.5) is 0 Å². The Morgan fingerprint density at radius 3 is 2.67 bits per heavy atom. The number of fused-ring (bicyclic) bond motifs is 5. The summed E-state index contributed by atoms with van der Waals surface area (Å²) in [5, 5.41) is 11.5. The minimum Gasteiger partial charge on any atom is -0.496 e. The third kappa shape index (κ3) is 2.22. The number of methoxy groups -OCH3 is 1. The topological polar surface area (TPSA) is 68.9 Å². The van der Waals surface area contributed by atoms with Crippen molar-refractivity contribution in [1.82, 2.24) is 0 Å². The third-order valence-corrected chi connectivity index (χ3v) is 5.08. The van der Waals surface area contributed by atoms with Crippen molar-refractivity contribution in [3.8, 4) is 11.5 Å². The van der Waals surface area contributed by atoms with Crippen LogP contribution in [-0.4, -0.2) is 17.8 Å². The van der Waals surface area contributed by atoms with Crippen LogP contribution >= 0.6 is 0 Å². The fourth-order valence-corrected chi connectivity index (χ4v) is 4.05. The third-order valence-electron chi connectivity index (χ3n) is 5.08. The highest BCUT2D eigenvalue weighted by Crippen LogP contribution is 2.47. The highest BCUT2D eigenvalue weighted by Gasteiger charge is 2.37. The summed E-state index contributed by atoms with van der Waals surface area (Å²) in [6.07, 6.45) is 3.31. The summed E-state index contributed by atoms with van der Waals surface area (Å²) in [4.78, 5) is 12.5. The first-order chi connectivity index (χ1) is 11.4. The maximum Gasteiger partial charge on any atom is 0.339 e. The fourth-order valence-electron chi connectivity index (χ4n) is 4.05. The van der Waals surface area contributed by atoms with Gasteiger partial charge in [0, 0.05) is 18.1 Å². The lowest BCUT2D eigenvalue weighted by atomic mass is 9.86. The van der Waals surface area contributed by atoms with E-state index in [1.165, 1.54) is 0 Å². The van der Waals surface area contributed by atoms with E-state index in [9.17, 15) is 9.90 Å². The Morgan fingerprint density at radius 2 is 1.96 bits per heavy atom. The molecule has 0 amide bonds. The molecule has 4 rings (SSSR count). The van der Waals surface area contributed by atoms with E-state index in [4.69, 9.17) is 13.9 Å². The molecule has 5 nitrogen and oxygen atoms in total. The molecule has 0 saturated carbocycles. The van der Waals surface area contributed by atoms with Gasteiger partial charge in [0.25, 0.3) is 0 Å². The molecule has 0 spiro atoms. The molecule has 2 aromatic rings. The van der Waals surface area contributed by atoms with Crippen LogP contribution in [0, 0.1) is 0 Å². The van der Waals surface area contributed by atoms with Crippen LogP contribution in [0.5, 0.6) is 11.5 Å². The van der Waals surface area contributed by atoms with Crippen LogP contribution in [-0.2, 0) is 12.8 Å². The molecule has 1 atom stereocenters. The summed E-state index contributed by atoms with van der Waals surface area (Å²) in [7, 11) is 1.60. The molecule has 0 fully saturated rings. The lowest BCUT2D eigenvalue weighted by Gasteiger charge is -2.36. The first kappa shape index (κ1) is 15.5. The van der Waals surface area contributed by atoms with Crippen LogP contribution in [0.1, 0.15) is 55.9 Å². The second-order valence-electron chi connectivity index (χ2n) is 7.33. The van der Waals surface area contributed by atoms with E-state index < -0.39 is 11.7 Å². The second-order valence-corrected chi connectivity index (χ2v) is 7.33. The molecule has 1 aliphatic heterocycles. The number of hydrogen-bond donors (Lipinski definition) is 1. The number of aliphatic hydroxyl groups is 1. The van der Waals surface area contributed by atoms with Crippen LogP contribution in [0.2, 0.25) is 0 Å². The van der Waals surface area contributed by atoms with Crippen molar-refractivity contribution < 1.29 is 19.0 Å². The van der Waals surface area contributed by atoms with E-state index in [0.717, 1.165) is 42.2 Å². The van der Waals surface area contributed by atoms with Crippen molar-refractivity contribution in [2.24, 2.45) is 0 Å². The Bertz CT molecular complexity index is 878. The Kier molecular flexibility index (Phi) is 3.39. The summed E-state index contributed by atoms with van der Waals surface area (Å²) in [6.45, 7) is 3.86. The van der Waals surface area contributed by atoms with Gasteiger partial charge < -0.3 is 19.0 Å². The first-order valence-electron chi connectivity index (χ1n) is 8.48. The van der Waals surface area contributed by atoms with Crippen molar-refractivity contribution in [3.05, 3.63) is 33.2 Å². The SMILES string of the molecule is COc1cc2c(c3oc(=O)c4c(c13)CCCC4)[C@@H](O)CC(C)(C)O2. The Balaban J connectivity index is 2.11. The number of aryl methyl sites for hydroxylation is 1. The highest BCUT2D eigenvalue weighted by molar-refractivity contribution is 5.92. The van der Waals surface area contributed by atoms with Gasteiger partial charge in [0.1, 0.15) is 17.1 Å². The molecule has 0 radical (unpaired) electrons. The van der Waals surface area contributed by atoms with Gasteiger partial charge >= 0.3 is 5.63 Å². The lowest BCUT2D eigenvalue weighted by molar-refractivity contribution is 0.0118. The molecule has 2 heterocycles. The molecule has 24 heavy (non-hydrogen) atoms. The molecule has 1 aliphatic carbocycles. The zero-order chi connectivity index (χ0) is 17.1. The first-order valence-corrected chi connectivity index (χ1v) is 8.48. The molecule has 1 aromatic carbocycles. The number of aliphatic hydroxyl groups excluding tert-OH is 1. The molecular formula is C19H22O5. The molecule has 1 aromatic heterocycles.